The summed E-state index contributed by atoms with van der Waals surface area (Å²) in [6, 6.07) is 0. The van der Waals surface area contributed by atoms with Gasteiger partial charge in [-0.3, -0.25) is 4.79 Å². The molecule has 22 heavy (non-hydrogen) atoms. The van der Waals surface area contributed by atoms with E-state index in [0.29, 0.717) is 11.0 Å². The van der Waals surface area contributed by atoms with E-state index in [0.717, 1.165) is 6.42 Å². The average Bonchev–Trinajstić information content (AvgIpc) is 2.90. The number of guanidine groups is 1. The minimum Gasteiger partial charge on any atom is -0.483 e. The first-order valence-corrected chi connectivity index (χ1v) is 8.33. The molecule has 5 N–H and O–H groups in total. The number of rotatable bonds is 2. The van der Waals surface area contributed by atoms with Gasteiger partial charge in [0.2, 0.25) is 5.13 Å². The van der Waals surface area contributed by atoms with Crippen molar-refractivity contribution in [3.8, 4) is 0 Å². The first kappa shape index (κ1) is 16.5. The topological polar surface area (TPSA) is 115 Å². The first-order valence-electron chi connectivity index (χ1n) is 7.51. The number of allylic oxidation sites excluding steroid dienone is 2. The summed E-state index contributed by atoms with van der Waals surface area (Å²) < 4.78 is 0. The highest BCUT2D eigenvalue weighted by Crippen LogP contribution is 2.43. The SMILES string of the molecule is NC(N)=Nc1nc2c(s1)CCCC2C1=CCCCC1.O=CO. The number of carboxylic acid groups (broad SMARTS) is 1. The second-order valence-electron chi connectivity index (χ2n) is 5.42. The molecule has 120 valence electrons. The molecule has 0 amide bonds. The summed E-state index contributed by atoms with van der Waals surface area (Å²) in [6.07, 6.45) is 11.1. The number of hydrogen-bond donors (Lipinski definition) is 3. The number of nitrogens with zero attached hydrogens (tertiary/aromatic N) is 2. The lowest BCUT2D eigenvalue weighted by molar-refractivity contribution is -0.122. The second kappa shape index (κ2) is 7.93. The molecule has 6 nitrogen and oxygen atoms in total. The Morgan fingerprint density at radius 2 is 2.14 bits per heavy atom. The van der Waals surface area contributed by atoms with Crippen LogP contribution in [0.25, 0.3) is 0 Å². The van der Waals surface area contributed by atoms with Crippen LogP contribution in [-0.4, -0.2) is 22.5 Å². The van der Waals surface area contributed by atoms with Crippen molar-refractivity contribution in [3.63, 3.8) is 0 Å². The molecule has 2 aliphatic carbocycles. The first-order chi connectivity index (χ1) is 10.7. The largest absolute Gasteiger partial charge is 0.483 e. The molecule has 1 atom stereocenters. The quantitative estimate of drug-likeness (QED) is 0.335. The van der Waals surface area contributed by atoms with Crippen molar-refractivity contribution < 1.29 is 9.90 Å². The lowest BCUT2D eigenvalue weighted by Crippen LogP contribution is -2.21. The maximum atomic E-state index is 8.36. The molecule has 7 heteroatoms. The molecule has 1 unspecified atom stereocenters. The number of aromatic nitrogens is 1. The molecule has 2 aliphatic rings. The normalized spacial score (nSPS) is 20.0. The van der Waals surface area contributed by atoms with E-state index in [2.05, 4.69) is 16.1 Å². The van der Waals surface area contributed by atoms with Crippen molar-refractivity contribution >= 4 is 28.9 Å². The number of aryl methyl sites for hydroxylation is 1. The standard InChI is InChI=1S/C14H20N4S.CH2O2/c15-13(16)18-14-17-12-10(7-4-8-11(12)19-14)9-5-2-1-3-6-9;2-1-3/h5,10H,1-4,6-8H2,(H4,15,16,17,18);1H,(H,2,3). The highest BCUT2D eigenvalue weighted by atomic mass is 32.1. The van der Waals surface area contributed by atoms with Crippen LogP contribution in [0, 0.1) is 0 Å². The van der Waals surface area contributed by atoms with Gasteiger partial charge >= 0.3 is 0 Å². The minimum absolute atomic E-state index is 0.0968. The number of carbonyl (C=O) groups is 1. The van der Waals surface area contributed by atoms with Gasteiger partial charge in [0.25, 0.3) is 6.47 Å². The predicted molar refractivity (Wildman–Crippen MR) is 88.5 cm³/mol. The van der Waals surface area contributed by atoms with Crippen LogP contribution < -0.4 is 11.5 Å². The van der Waals surface area contributed by atoms with Crippen molar-refractivity contribution in [1.29, 1.82) is 0 Å². The Labute approximate surface area is 134 Å². The molecular formula is C15H22N4O2S. The Hall–Kier alpha value is -1.89. The van der Waals surface area contributed by atoms with Crippen LogP contribution in [0.4, 0.5) is 5.13 Å². The Bertz CT molecular complexity index is 576. The summed E-state index contributed by atoms with van der Waals surface area (Å²) in [4.78, 5) is 18.5. The van der Waals surface area contributed by atoms with Gasteiger partial charge < -0.3 is 16.6 Å². The van der Waals surface area contributed by atoms with Crippen molar-refractivity contribution in [1.82, 2.24) is 4.98 Å². The van der Waals surface area contributed by atoms with E-state index in [1.54, 1.807) is 16.9 Å². The van der Waals surface area contributed by atoms with Gasteiger partial charge in [-0.2, -0.15) is 4.99 Å². The monoisotopic (exact) mass is 322 g/mol. The predicted octanol–water partition coefficient (Wildman–Crippen LogP) is 2.67. The summed E-state index contributed by atoms with van der Waals surface area (Å²) in [5, 5.41) is 7.60. The van der Waals surface area contributed by atoms with E-state index in [-0.39, 0.29) is 12.4 Å². The molecular weight excluding hydrogens is 300 g/mol. The van der Waals surface area contributed by atoms with Gasteiger partial charge in [-0.05, 0) is 44.9 Å². The van der Waals surface area contributed by atoms with Crippen LogP contribution >= 0.6 is 11.3 Å². The van der Waals surface area contributed by atoms with Crippen molar-refractivity contribution in [2.75, 3.05) is 0 Å². The lowest BCUT2D eigenvalue weighted by Gasteiger charge is -2.26. The average molecular weight is 322 g/mol. The van der Waals surface area contributed by atoms with Crippen molar-refractivity contribution in [2.24, 2.45) is 16.5 Å². The fourth-order valence-electron chi connectivity index (χ4n) is 3.10. The lowest BCUT2D eigenvalue weighted by atomic mass is 9.80. The molecule has 0 aromatic carbocycles. The van der Waals surface area contributed by atoms with Gasteiger partial charge in [-0.15, -0.1) is 0 Å². The van der Waals surface area contributed by atoms with Crippen LogP contribution in [0.1, 0.15) is 55.0 Å². The zero-order valence-corrected chi connectivity index (χ0v) is 13.3. The molecule has 1 aromatic heterocycles. The fraction of sp³-hybridized carbons (Fsp3) is 0.533. The summed E-state index contributed by atoms with van der Waals surface area (Å²) in [7, 11) is 0. The molecule has 1 heterocycles. The Balaban J connectivity index is 0.000000545. The zero-order chi connectivity index (χ0) is 15.9. The van der Waals surface area contributed by atoms with E-state index >= 15 is 0 Å². The number of thiazole rings is 1. The summed E-state index contributed by atoms with van der Waals surface area (Å²) in [5.41, 5.74) is 13.7. The molecule has 0 saturated carbocycles. The van der Waals surface area contributed by atoms with Crippen LogP contribution in [0.2, 0.25) is 0 Å². The molecule has 0 spiro atoms. The molecule has 0 bridgehead atoms. The van der Waals surface area contributed by atoms with Gasteiger partial charge in [-0.1, -0.05) is 23.0 Å². The van der Waals surface area contributed by atoms with E-state index < -0.39 is 0 Å². The molecule has 0 aliphatic heterocycles. The van der Waals surface area contributed by atoms with E-state index in [1.807, 2.05) is 0 Å². The summed E-state index contributed by atoms with van der Waals surface area (Å²) >= 11 is 1.65. The maximum Gasteiger partial charge on any atom is 0.290 e. The number of fused-ring (bicyclic) bond motifs is 1. The summed E-state index contributed by atoms with van der Waals surface area (Å²) in [6.45, 7) is -0.250. The highest BCUT2D eigenvalue weighted by Gasteiger charge is 2.27. The van der Waals surface area contributed by atoms with Crippen molar-refractivity contribution in [2.45, 2.75) is 50.9 Å². The highest BCUT2D eigenvalue weighted by molar-refractivity contribution is 7.15. The van der Waals surface area contributed by atoms with Gasteiger partial charge in [0.05, 0.1) is 5.69 Å². The van der Waals surface area contributed by atoms with Gasteiger partial charge in [0.15, 0.2) is 5.96 Å². The molecule has 3 rings (SSSR count). The minimum atomic E-state index is -0.250. The summed E-state index contributed by atoms with van der Waals surface area (Å²) in [5.74, 6) is 0.614. The molecule has 0 saturated heterocycles. The third-order valence-corrected chi connectivity index (χ3v) is 4.97. The maximum absolute atomic E-state index is 8.36. The molecule has 1 aromatic rings. The molecule has 0 radical (unpaired) electrons. The van der Waals surface area contributed by atoms with Gasteiger partial charge in [-0.25, -0.2) is 4.98 Å². The van der Waals surface area contributed by atoms with E-state index in [9.17, 15) is 0 Å². The third-order valence-electron chi connectivity index (χ3n) is 3.94. The molecule has 0 fully saturated rings. The second-order valence-corrected chi connectivity index (χ2v) is 6.48. The van der Waals surface area contributed by atoms with E-state index in [4.69, 9.17) is 21.4 Å². The number of hydrogen-bond acceptors (Lipinski definition) is 4. The van der Waals surface area contributed by atoms with Crippen LogP contribution in [0.15, 0.2) is 16.6 Å². The third kappa shape index (κ3) is 4.07. The van der Waals surface area contributed by atoms with E-state index in [1.165, 1.54) is 49.1 Å². The fourth-order valence-corrected chi connectivity index (χ4v) is 4.16. The van der Waals surface area contributed by atoms with Crippen LogP contribution in [0.3, 0.4) is 0 Å². The smallest absolute Gasteiger partial charge is 0.290 e. The number of nitrogens with two attached hydrogens (primary N) is 2. The zero-order valence-electron chi connectivity index (χ0n) is 12.5. The van der Waals surface area contributed by atoms with Gasteiger partial charge in [0, 0.05) is 10.8 Å². The number of aliphatic imine (C=N–C) groups is 1. The Morgan fingerprint density at radius 1 is 1.36 bits per heavy atom. The van der Waals surface area contributed by atoms with Crippen molar-refractivity contribution in [3.05, 3.63) is 22.2 Å². The Kier molecular flexibility index (Phi) is 5.94. The van der Waals surface area contributed by atoms with Gasteiger partial charge in [0.1, 0.15) is 0 Å². The Morgan fingerprint density at radius 3 is 2.77 bits per heavy atom. The van der Waals surface area contributed by atoms with Crippen LogP contribution in [-0.2, 0) is 11.2 Å². The van der Waals surface area contributed by atoms with Crippen LogP contribution in [0.5, 0.6) is 0 Å².